The van der Waals surface area contributed by atoms with Gasteiger partial charge in [-0.05, 0) is 55.5 Å². The third-order valence-electron chi connectivity index (χ3n) is 4.18. The molecule has 124 valence electrons. The van der Waals surface area contributed by atoms with Gasteiger partial charge in [-0.3, -0.25) is 4.79 Å². The van der Waals surface area contributed by atoms with Crippen molar-refractivity contribution in [1.29, 1.82) is 0 Å². The minimum absolute atomic E-state index is 0.0400. The van der Waals surface area contributed by atoms with Gasteiger partial charge in [-0.25, -0.2) is 4.79 Å². The van der Waals surface area contributed by atoms with E-state index in [1.54, 1.807) is 31.2 Å². The number of anilines is 1. The number of carbonyl (C=O) groups excluding carboxylic acids is 2. The second-order valence-electron chi connectivity index (χ2n) is 6.33. The van der Waals surface area contributed by atoms with Crippen molar-refractivity contribution in [2.45, 2.75) is 19.8 Å². The lowest BCUT2D eigenvalue weighted by atomic mass is 9.94. The zero-order valence-electron chi connectivity index (χ0n) is 14.1. The Labute approximate surface area is 141 Å². The van der Waals surface area contributed by atoms with E-state index in [0.29, 0.717) is 22.8 Å². The monoisotopic (exact) mass is 324 g/mol. The van der Waals surface area contributed by atoms with Gasteiger partial charge in [0, 0.05) is 19.7 Å². The molecule has 0 N–H and O–H groups in total. The van der Waals surface area contributed by atoms with Gasteiger partial charge in [0.15, 0.2) is 5.78 Å². The van der Waals surface area contributed by atoms with E-state index in [2.05, 4.69) is 5.16 Å². The molecule has 5 heteroatoms. The summed E-state index contributed by atoms with van der Waals surface area (Å²) in [4.78, 5) is 31.3. The molecule has 1 fully saturated rings. The van der Waals surface area contributed by atoms with Crippen molar-refractivity contribution in [2.24, 2.45) is 11.1 Å². The highest BCUT2D eigenvalue weighted by atomic mass is 16.7. The molecule has 0 unspecified atom stereocenters. The highest BCUT2D eigenvalue weighted by molar-refractivity contribution is 6.22. The van der Waals surface area contributed by atoms with E-state index >= 15 is 0 Å². The molecule has 0 bridgehead atoms. The summed E-state index contributed by atoms with van der Waals surface area (Å²) in [5, 5.41) is 3.99. The number of carbonyl (C=O) groups is 2. The predicted octanol–water partition coefficient (Wildman–Crippen LogP) is 3.13. The van der Waals surface area contributed by atoms with Crippen molar-refractivity contribution < 1.29 is 14.4 Å². The largest absolute Gasteiger partial charge is 0.377 e. The van der Waals surface area contributed by atoms with Gasteiger partial charge in [0.05, 0.1) is 11.3 Å². The molecule has 0 spiro atoms. The summed E-state index contributed by atoms with van der Waals surface area (Å²) in [6.07, 6.45) is 5.38. The smallest absolute Gasteiger partial charge is 0.367 e. The molecule has 1 aromatic carbocycles. The Morgan fingerprint density at radius 2 is 1.92 bits per heavy atom. The van der Waals surface area contributed by atoms with Crippen molar-refractivity contribution in [1.82, 2.24) is 0 Å². The van der Waals surface area contributed by atoms with Crippen LogP contribution in [0.4, 0.5) is 5.69 Å². The number of rotatable bonds is 4. The lowest BCUT2D eigenvalue weighted by molar-refractivity contribution is -0.111. The number of oxime groups is 1. The Balaban J connectivity index is 1.81. The summed E-state index contributed by atoms with van der Waals surface area (Å²) in [6.45, 7) is 1.79. The van der Waals surface area contributed by atoms with E-state index in [1.807, 2.05) is 31.1 Å². The zero-order valence-corrected chi connectivity index (χ0v) is 14.1. The molecule has 0 saturated heterocycles. The first-order valence-electron chi connectivity index (χ1n) is 7.97. The molecule has 24 heavy (non-hydrogen) atoms. The minimum atomic E-state index is -0.516. The summed E-state index contributed by atoms with van der Waals surface area (Å²) in [6, 6.07) is 7.20. The molecule has 2 aliphatic rings. The fourth-order valence-electron chi connectivity index (χ4n) is 2.67. The summed E-state index contributed by atoms with van der Waals surface area (Å²) < 4.78 is 0. The van der Waals surface area contributed by atoms with E-state index < -0.39 is 5.97 Å². The van der Waals surface area contributed by atoms with Crippen molar-refractivity contribution in [3.8, 4) is 0 Å². The van der Waals surface area contributed by atoms with Gasteiger partial charge in [-0.1, -0.05) is 17.3 Å². The van der Waals surface area contributed by atoms with Crippen LogP contribution >= 0.6 is 0 Å². The van der Waals surface area contributed by atoms with Crippen LogP contribution < -0.4 is 4.90 Å². The predicted molar refractivity (Wildman–Crippen MR) is 93.2 cm³/mol. The summed E-state index contributed by atoms with van der Waals surface area (Å²) in [5.41, 5.74) is 3.23. The van der Waals surface area contributed by atoms with E-state index in [-0.39, 0.29) is 5.78 Å². The molecular formula is C19H20N2O3. The van der Waals surface area contributed by atoms with Gasteiger partial charge >= 0.3 is 5.97 Å². The normalized spacial score (nSPS) is 19.0. The van der Waals surface area contributed by atoms with Gasteiger partial charge < -0.3 is 9.74 Å². The van der Waals surface area contributed by atoms with Crippen LogP contribution in [-0.4, -0.2) is 31.6 Å². The molecule has 1 saturated carbocycles. The van der Waals surface area contributed by atoms with Crippen molar-refractivity contribution in [3.05, 3.63) is 53.1 Å². The molecule has 0 aliphatic heterocycles. The topological polar surface area (TPSA) is 59.0 Å². The first-order chi connectivity index (χ1) is 11.5. The molecule has 5 nitrogen and oxygen atoms in total. The van der Waals surface area contributed by atoms with Crippen LogP contribution in [0.15, 0.2) is 52.7 Å². The molecule has 0 amide bonds. The van der Waals surface area contributed by atoms with E-state index in [1.165, 1.54) is 0 Å². The molecule has 1 aromatic rings. The fourth-order valence-corrected chi connectivity index (χ4v) is 2.67. The van der Waals surface area contributed by atoms with Crippen LogP contribution in [0.5, 0.6) is 0 Å². The highest BCUT2D eigenvalue weighted by Crippen LogP contribution is 2.38. The molecule has 0 atom stereocenters. The summed E-state index contributed by atoms with van der Waals surface area (Å²) in [7, 11) is 3.73. The molecule has 0 aromatic heterocycles. The SMILES string of the molecule is CC1=CC(=O)C(C2CC2)=C/C1=N\OC(=O)c1ccccc1N(C)C. The molecule has 2 aliphatic carbocycles. The first-order valence-corrected chi connectivity index (χ1v) is 7.97. The second-order valence-corrected chi connectivity index (χ2v) is 6.33. The third kappa shape index (κ3) is 3.30. The van der Waals surface area contributed by atoms with Crippen LogP contribution in [0.3, 0.4) is 0 Å². The van der Waals surface area contributed by atoms with E-state index in [4.69, 9.17) is 4.84 Å². The highest BCUT2D eigenvalue weighted by Gasteiger charge is 2.32. The fraction of sp³-hybridized carbons (Fsp3) is 0.316. The second kappa shape index (κ2) is 6.43. The van der Waals surface area contributed by atoms with Gasteiger partial charge in [-0.2, -0.15) is 0 Å². The van der Waals surface area contributed by atoms with Crippen LogP contribution in [0.25, 0.3) is 0 Å². The first kappa shape index (κ1) is 16.2. The number of nitrogens with zero attached hydrogens (tertiary/aromatic N) is 2. The number of benzene rings is 1. The van der Waals surface area contributed by atoms with Crippen molar-refractivity contribution in [2.75, 3.05) is 19.0 Å². The lowest BCUT2D eigenvalue weighted by Gasteiger charge is -2.15. The van der Waals surface area contributed by atoms with Crippen LogP contribution in [0, 0.1) is 5.92 Å². The van der Waals surface area contributed by atoms with Gasteiger partial charge in [0.1, 0.15) is 5.71 Å². The average molecular weight is 324 g/mol. The standard InChI is InChI=1S/C19H20N2O3/c1-12-10-18(22)15(13-8-9-13)11-16(12)20-24-19(23)14-6-4-5-7-17(14)21(2)3/h4-7,10-11,13H,8-9H2,1-3H3/b20-16+. The van der Waals surface area contributed by atoms with Gasteiger partial charge in [0.25, 0.3) is 0 Å². The number of hydrogen-bond acceptors (Lipinski definition) is 5. The number of allylic oxidation sites excluding steroid dienone is 4. The number of ketones is 1. The maximum Gasteiger partial charge on any atom is 0.367 e. The van der Waals surface area contributed by atoms with Crippen molar-refractivity contribution in [3.63, 3.8) is 0 Å². The summed E-state index contributed by atoms with van der Waals surface area (Å²) >= 11 is 0. The minimum Gasteiger partial charge on any atom is -0.377 e. The Morgan fingerprint density at radius 1 is 1.21 bits per heavy atom. The average Bonchev–Trinajstić information content (AvgIpc) is 3.38. The Hall–Kier alpha value is -2.69. The Kier molecular flexibility index (Phi) is 4.34. The lowest BCUT2D eigenvalue weighted by Crippen LogP contribution is -2.16. The maximum absolute atomic E-state index is 12.3. The Morgan fingerprint density at radius 3 is 2.58 bits per heavy atom. The quantitative estimate of drug-likeness (QED) is 0.485. The third-order valence-corrected chi connectivity index (χ3v) is 4.18. The van der Waals surface area contributed by atoms with Crippen molar-refractivity contribution >= 4 is 23.2 Å². The molecule has 0 heterocycles. The number of hydrogen-bond donors (Lipinski definition) is 0. The molecular weight excluding hydrogens is 304 g/mol. The van der Waals surface area contributed by atoms with Crippen LogP contribution in [-0.2, 0) is 9.63 Å². The van der Waals surface area contributed by atoms with E-state index in [0.717, 1.165) is 24.1 Å². The molecule has 3 rings (SSSR count). The van der Waals surface area contributed by atoms with Gasteiger partial charge in [-0.15, -0.1) is 0 Å². The van der Waals surface area contributed by atoms with E-state index in [9.17, 15) is 9.59 Å². The zero-order chi connectivity index (χ0) is 17.3. The summed E-state index contributed by atoms with van der Waals surface area (Å²) in [5.74, 6) is -0.145. The molecule has 0 radical (unpaired) electrons. The van der Waals surface area contributed by atoms with Crippen LogP contribution in [0.1, 0.15) is 30.1 Å². The Bertz CT molecular complexity index is 784. The van der Waals surface area contributed by atoms with Crippen LogP contribution in [0.2, 0.25) is 0 Å². The van der Waals surface area contributed by atoms with Gasteiger partial charge in [0.2, 0.25) is 0 Å². The number of para-hydroxylation sites is 1. The maximum atomic E-state index is 12.3.